The number of hydrogen-bond donors (Lipinski definition) is 0. The van der Waals surface area contributed by atoms with Crippen molar-refractivity contribution in [3.63, 3.8) is 0 Å². The molecule has 3 unspecified atom stereocenters. The van der Waals surface area contributed by atoms with Gasteiger partial charge in [-0.15, -0.1) is 0 Å². The number of ether oxygens (including phenoxy) is 2. The van der Waals surface area contributed by atoms with Gasteiger partial charge < -0.3 is 14.4 Å². The van der Waals surface area contributed by atoms with Crippen molar-refractivity contribution in [1.82, 2.24) is 4.90 Å². The zero-order chi connectivity index (χ0) is 17.8. The Morgan fingerprint density at radius 2 is 1.73 bits per heavy atom. The average molecular weight is 351 g/mol. The molecule has 1 amide bonds. The summed E-state index contributed by atoms with van der Waals surface area (Å²) in [5.74, 6) is 0.649. The van der Waals surface area contributed by atoms with E-state index in [4.69, 9.17) is 9.47 Å². The lowest BCUT2D eigenvalue weighted by Gasteiger charge is -2.32. The van der Waals surface area contributed by atoms with E-state index in [1.165, 1.54) is 5.56 Å². The molecule has 0 saturated carbocycles. The summed E-state index contributed by atoms with van der Waals surface area (Å²) in [6, 6.07) is 20.4. The summed E-state index contributed by atoms with van der Waals surface area (Å²) in [6.45, 7) is 2.20. The van der Waals surface area contributed by atoms with Crippen molar-refractivity contribution in [2.75, 3.05) is 19.7 Å². The third-order valence-corrected chi connectivity index (χ3v) is 5.25. The van der Waals surface area contributed by atoms with Crippen LogP contribution in [0.3, 0.4) is 0 Å². The molecule has 26 heavy (non-hydrogen) atoms. The van der Waals surface area contributed by atoms with Crippen molar-refractivity contribution in [2.24, 2.45) is 5.92 Å². The lowest BCUT2D eigenvalue weighted by Crippen LogP contribution is -2.42. The van der Waals surface area contributed by atoms with E-state index in [-0.39, 0.29) is 5.91 Å². The average Bonchev–Trinajstić information content (AvgIpc) is 3.17. The number of amides is 1. The van der Waals surface area contributed by atoms with Crippen molar-refractivity contribution in [1.29, 1.82) is 0 Å². The van der Waals surface area contributed by atoms with Crippen LogP contribution in [0.15, 0.2) is 60.7 Å². The molecule has 2 aromatic carbocycles. The molecule has 4 heteroatoms. The first-order valence-corrected chi connectivity index (χ1v) is 9.44. The second-order valence-electron chi connectivity index (χ2n) is 7.16. The molecule has 2 aromatic rings. The van der Waals surface area contributed by atoms with Crippen LogP contribution in [0.1, 0.15) is 30.3 Å². The van der Waals surface area contributed by atoms with Gasteiger partial charge in [0.25, 0.3) is 5.91 Å². The van der Waals surface area contributed by atoms with Crippen molar-refractivity contribution < 1.29 is 14.3 Å². The van der Waals surface area contributed by atoms with Crippen LogP contribution in [0.25, 0.3) is 0 Å². The summed E-state index contributed by atoms with van der Waals surface area (Å²) in [6.07, 6.45) is 1.88. The third-order valence-electron chi connectivity index (χ3n) is 5.25. The maximum atomic E-state index is 12.9. The molecule has 2 saturated heterocycles. The molecule has 4 nitrogen and oxygen atoms in total. The number of carbonyl (C=O) groups is 1. The van der Waals surface area contributed by atoms with E-state index >= 15 is 0 Å². The van der Waals surface area contributed by atoms with Crippen LogP contribution in [-0.2, 0) is 20.7 Å². The summed E-state index contributed by atoms with van der Waals surface area (Å²) in [5.41, 5.74) is 2.31. The highest BCUT2D eigenvalue weighted by molar-refractivity contribution is 5.81. The second-order valence-corrected chi connectivity index (χ2v) is 7.16. The predicted octanol–water partition coefficient (Wildman–Crippen LogP) is 3.58. The van der Waals surface area contributed by atoms with Crippen LogP contribution in [0, 0.1) is 5.92 Å². The largest absolute Gasteiger partial charge is 0.348 e. The lowest BCUT2D eigenvalue weighted by atomic mass is 9.99. The summed E-state index contributed by atoms with van der Waals surface area (Å²) in [5, 5.41) is 0. The Balaban J connectivity index is 1.34. The fraction of sp³-hybridized carbons (Fsp3) is 0.409. The van der Waals surface area contributed by atoms with Gasteiger partial charge in [-0.2, -0.15) is 0 Å². The Hall–Kier alpha value is -2.17. The van der Waals surface area contributed by atoms with E-state index in [1.807, 2.05) is 41.3 Å². The molecular weight excluding hydrogens is 326 g/mol. The minimum atomic E-state index is -0.443. The van der Waals surface area contributed by atoms with Gasteiger partial charge in [-0.05, 0) is 24.3 Å². The molecule has 2 aliphatic heterocycles. The molecule has 0 aliphatic carbocycles. The van der Waals surface area contributed by atoms with Gasteiger partial charge >= 0.3 is 0 Å². The number of nitrogens with zero attached hydrogens (tertiary/aromatic N) is 1. The molecule has 2 aliphatic rings. The highest BCUT2D eigenvalue weighted by atomic mass is 16.7. The highest BCUT2D eigenvalue weighted by Crippen LogP contribution is 2.29. The van der Waals surface area contributed by atoms with Gasteiger partial charge in [-0.1, -0.05) is 60.7 Å². The Labute approximate surface area is 154 Å². The number of benzene rings is 2. The van der Waals surface area contributed by atoms with Crippen molar-refractivity contribution in [3.8, 4) is 0 Å². The predicted molar refractivity (Wildman–Crippen MR) is 99.5 cm³/mol. The summed E-state index contributed by atoms with van der Waals surface area (Å²) in [7, 11) is 0. The number of carbonyl (C=O) groups excluding carboxylic acids is 1. The van der Waals surface area contributed by atoms with Crippen LogP contribution >= 0.6 is 0 Å². The minimum absolute atomic E-state index is 0.116. The smallest absolute Gasteiger partial charge is 0.251 e. The van der Waals surface area contributed by atoms with Gasteiger partial charge in [0, 0.05) is 25.1 Å². The lowest BCUT2D eigenvalue weighted by molar-refractivity contribution is -0.220. The maximum Gasteiger partial charge on any atom is 0.251 e. The molecule has 4 rings (SSSR count). The fourth-order valence-corrected chi connectivity index (χ4v) is 3.86. The van der Waals surface area contributed by atoms with Crippen LogP contribution < -0.4 is 0 Å². The SMILES string of the molecule is O=C(C1CCOC(c2ccccc2)O1)N1CCC(Cc2ccccc2)C1. The first kappa shape index (κ1) is 17.3. The Morgan fingerprint density at radius 3 is 2.50 bits per heavy atom. The van der Waals surface area contributed by atoms with Crippen LogP contribution in [0.5, 0.6) is 0 Å². The highest BCUT2D eigenvalue weighted by Gasteiger charge is 2.35. The van der Waals surface area contributed by atoms with Gasteiger partial charge in [-0.3, -0.25) is 4.79 Å². The monoisotopic (exact) mass is 351 g/mol. The Bertz CT molecular complexity index is 719. The zero-order valence-corrected chi connectivity index (χ0v) is 14.9. The molecule has 0 radical (unpaired) electrons. The van der Waals surface area contributed by atoms with Crippen LogP contribution in [0.4, 0.5) is 0 Å². The molecule has 0 bridgehead atoms. The fourth-order valence-electron chi connectivity index (χ4n) is 3.86. The topological polar surface area (TPSA) is 38.8 Å². The van der Waals surface area contributed by atoms with Crippen molar-refractivity contribution in [3.05, 3.63) is 71.8 Å². The maximum absolute atomic E-state index is 12.9. The number of hydrogen-bond acceptors (Lipinski definition) is 3. The Morgan fingerprint density at radius 1 is 1.00 bits per heavy atom. The molecule has 0 aromatic heterocycles. The van der Waals surface area contributed by atoms with E-state index in [1.54, 1.807) is 0 Å². The van der Waals surface area contributed by atoms with Gasteiger partial charge in [0.1, 0.15) is 6.10 Å². The molecule has 3 atom stereocenters. The first-order valence-electron chi connectivity index (χ1n) is 9.44. The molecule has 0 spiro atoms. The molecular formula is C22H25NO3. The van der Waals surface area contributed by atoms with Crippen LogP contribution in [0.2, 0.25) is 0 Å². The van der Waals surface area contributed by atoms with E-state index in [0.717, 1.165) is 31.5 Å². The van der Waals surface area contributed by atoms with E-state index in [0.29, 0.717) is 18.9 Å². The van der Waals surface area contributed by atoms with Gasteiger partial charge in [0.05, 0.1) is 6.61 Å². The van der Waals surface area contributed by atoms with Crippen molar-refractivity contribution >= 4 is 5.91 Å². The first-order chi connectivity index (χ1) is 12.8. The third kappa shape index (κ3) is 3.97. The summed E-state index contributed by atoms with van der Waals surface area (Å²) in [4.78, 5) is 14.9. The molecule has 2 heterocycles. The van der Waals surface area contributed by atoms with Crippen molar-refractivity contribution in [2.45, 2.75) is 31.7 Å². The number of rotatable bonds is 4. The normalized spacial score (nSPS) is 26.0. The minimum Gasteiger partial charge on any atom is -0.348 e. The zero-order valence-electron chi connectivity index (χ0n) is 14.9. The molecule has 0 N–H and O–H groups in total. The Kier molecular flexibility index (Phi) is 5.32. The van der Waals surface area contributed by atoms with E-state index in [2.05, 4.69) is 24.3 Å². The summed E-state index contributed by atoms with van der Waals surface area (Å²) < 4.78 is 11.7. The quantitative estimate of drug-likeness (QED) is 0.845. The van der Waals surface area contributed by atoms with E-state index < -0.39 is 12.4 Å². The molecule has 136 valence electrons. The molecule has 2 fully saturated rings. The number of likely N-dealkylation sites (tertiary alicyclic amines) is 1. The van der Waals surface area contributed by atoms with E-state index in [9.17, 15) is 4.79 Å². The van der Waals surface area contributed by atoms with Gasteiger partial charge in [0.2, 0.25) is 0 Å². The standard InChI is InChI=1S/C22H25NO3/c24-21(20-12-14-25-22(26-20)19-9-5-2-6-10-19)23-13-11-18(16-23)15-17-7-3-1-4-8-17/h1-10,18,20,22H,11-16H2. The summed E-state index contributed by atoms with van der Waals surface area (Å²) >= 11 is 0. The van der Waals surface area contributed by atoms with Crippen LogP contribution in [-0.4, -0.2) is 36.6 Å². The second kappa shape index (κ2) is 8.02. The van der Waals surface area contributed by atoms with Gasteiger partial charge in [-0.25, -0.2) is 0 Å². The van der Waals surface area contributed by atoms with Gasteiger partial charge in [0.15, 0.2) is 6.29 Å².